The van der Waals surface area contributed by atoms with Crippen molar-refractivity contribution in [2.75, 3.05) is 6.61 Å². The largest absolute Gasteiger partial charge is 0.463 e. The fourth-order valence-electron chi connectivity index (χ4n) is 5.20. The summed E-state index contributed by atoms with van der Waals surface area (Å²) < 4.78 is 27.5. The molecule has 1 heterocycles. The van der Waals surface area contributed by atoms with E-state index in [1.54, 1.807) is 36.4 Å². The Hall–Kier alpha value is -5.04. The molecule has 1 fully saturated rings. The Morgan fingerprint density at radius 1 is 0.702 bits per heavy atom. The van der Waals surface area contributed by atoms with Gasteiger partial charge >= 0.3 is 23.9 Å². The third-order valence-electron chi connectivity index (χ3n) is 6.98. The lowest BCUT2D eigenvalue weighted by Crippen LogP contribution is -2.62. The van der Waals surface area contributed by atoms with E-state index in [2.05, 4.69) is 42.9 Å². The minimum absolute atomic E-state index is 0.0744. The van der Waals surface area contributed by atoms with Crippen LogP contribution in [0, 0.1) is 23.3 Å². The van der Waals surface area contributed by atoms with Crippen molar-refractivity contribution in [2.24, 2.45) is 0 Å². The Morgan fingerprint density at radius 2 is 1.21 bits per heavy atom. The maximum absolute atomic E-state index is 14.1. The van der Waals surface area contributed by atoms with E-state index in [1.807, 2.05) is 0 Å². The zero-order valence-electron chi connectivity index (χ0n) is 27.0. The van der Waals surface area contributed by atoms with Crippen LogP contribution < -0.4 is 0 Å². The molecule has 0 spiro atoms. The van der Waals surface area contributed by atoms with Gasteiger partial charge in [0.05, 0.1) is 0 Å². The highest BCUT2D eigenvalue weighted by molar-refractivity contribution is 6.83. The lowest BCUT2D eigenvalue weighted by atomic mass is 9.80. The molecule has 2 aromatic rings. The van der Waals surface area contributed by atoms with Gasteiger partial charge in [-0.2, -0.15) is 0 Å². The second-order valence-electron chi connectivity index (χ2n) is 12.0. The predicted molar refractivity (Wildman–Crippen MR) is 169 cm³/mol. The lowest BCUT2D eigenvalue weighted by Gasteiger charge is -2.42. The first-order chi connectivity index (χ1) is 22.1. The molecule has 0 N–H and O–H groups in total. The minimum atomic E-state index is -1.82. The first-order valence-corrected chi connectivity index (χ1v) is 18.3. The summed E-state index contributed by atoms with van der Waals surface area (Å²) in [5, 5.41) is 0. The standard InChI is InChI=1S/C35H34O11Si/c1-19(36)42-18-28-34(44-21(3)38)35(45-22(4)39)33(43-20(2)37)27(46-28)15-14-23-10-8-12-25-29(23)32(41)30-24(16-17-47(5,6)7)11-9-13-26(30)31(25)40/h8-13,27-28,33-35H,18H2,1-7H3/t27-,28+,33-,34+,35+/m0/s1. The Labute approximate surface area is 273 Å². The van der Waals surface area contributed by atoms with Crippen molar-refractivity contribution < 1.29 is 52.5 Å². The van der Waals surface area contributed by atoms with Crippen molar-refractivity contribution in [3.05, 3.63) is 69.8 Å². The number of carbonyl (C=O) groups excluding carboxylic acids is 6. The average molecular weight is 659 g/mol. The molecule has 0 radical (unpaired) electrons. The van der Waals surface area contributed by atoms with E-state index >= 15 is 0 Å². The van der Waals surface area contributed by atoms with Crippen molar-refractivity contribution in [3.8, 4) is 23.3 Å². The molecular weight excluding hydrogens is 624 g/mol. The number of ketones is 2. The number of carbonyl (C=O) groups is 6. The smallest absolute Gasteiger partial charge is 0.303 e. The molecule has 1 aliphatic heterocycles. The van der Waals surface area contributed by atoms with Gasteiger partial charge in [-0.25, -0.2) is 0 Å². The van der Waals surface area contributed by atoms with Gasteiger partial charge in [0.2, 0.25) is 0 Å². The van der Waals surface area contributed by atoms with E-state index in [9.17, 15) is 28.8 Å². The fourth-order valence-corrected chi connectivity index (χ4v) is 5.71. The van der Waals surface area contributed by atoms with Gasteiger partial charge in [-0.3, -0.25) is 28.8 Å². The van der Waals surface area contributed by atoms with Crippen molar-refractivity contribution in [1.82, 2.24) is 0 Å². The number of hydrogen-bond acceptors (Lipinski definition) is 11. The van der Waals surface area contributed by atoms with Crippen LogP contribution in [0.15, 0.2) is 36.4 Å². The molecule has 12 heteroatoms. The molecule has 0 bridgehead atoms. The van der Waals surface area contributed by atoms with Crippen LogP contribution in [0.5, 0.6) is 0 Å². The number of ether oxygens (including phenoxy) is 5. The first-order valence-electron chi connectivity index (χ1n) is 14.8. The molecule has 0 unspecified atom stereocenters. The van der Waals surface area contributed by atoms with Crippen LogP contribution in [-0.4, -0.2) is 80.6 Å². The van der Waals surface area contributed by atoms with Crippen molar-refractivity contribution in [1.29, 1.82) is 0 Å². The van der Waals surface area contributed by atoms with Gasteiger partial charge in [0.25, 0.3) is 0 Å². The summed E-state index contributed by atoms with van der Waals surface area (Å²) in [7, 11) is -1.82. The molecule has 11 nitrogen and oxygen atoms in total. The molecule has 0 saturated carbocycles. The summed E-state index contributed by atoms with van der Waals surface area (Å²) in [6.07, 6.45) is -6.66. The molecule has 1 aliphatic carbocycles. The van der Waals surface area contributed by atoms with Gasteiger partial charge in [-0.1, -0.05) is 61.7 Å². The summed E-state index contributed by atoms with van der Waals surface area (Å²) >= 11 is 0. The number of rotatable bonds is 5. The number of esters is 4. The molecule has 0 aromatic heterocycles. The molecule has 1 saturated heterocycles. The summed E-state index contributed by atoms with van der Waals surface area (Å²) in [4.78, 5) is 75.7. The Kier molecular flexibility index (Phi) is 10.5. The SMILES string of the molecule is CC(=O)OC[C@H]1O[C@@H](C#Cc2cccc3c2C(=O)c2c(C#C[Si](C)(C)C)cccc2C3=O)[C@H](OC(C)=O)[C@@H](OC(C)=O)[C@@H]1OC(C)=O. The quantitative estimate of drug-likeness (QED) is 0.172. The van der Waals surface area contributed by atoms with Gasteiger partial charge in [0, 0.05) is 61.1 Å². The fraction of sp³-hybridized carbons (Fsp3) is 0.371. The van der Waals surface area contributed by atoms with Crippen LogP contribution in [0.1, 0.15) is 70.7 Å². The Bertz CT molecular complexity index is 1780. The van der Waals surface area contributed by atoms with Crippen LogP contribution in [0.4, 0.5) is 0 Å². The van der Waals surface area contributed by atoms with E-state index < -0.39 is 74.9 Å². The van der Waals surface area contributed by atoms with E-state index in [0.29, 0.717) is 5.56 Å². The molecule has 0 amide bonds. The second-order valence-corrected chi connectivity index (χ2v) is 16.8. The van der Waals surface area contributed by atoms with Gasteiger partial charge in [-0.15, -0.1) is 5.54 Å². The van der Waals surface area contributed by atoms with Crippen LogP contribution in [-0.2, 0) is 42.9 Å². The molecule has 2 aliphatic rings. The molecule has 5 atom stereocenters. The zero-order valence-corrected chi connectivity index (χ0v) is 28.0. The molecular formula is C35H34O11Si. The van der Waals surface area contributed by atoms with Crippen LogP contribution in [0.2, 0.25) is 19.6 Å². The normalized spacial score (nSPS) is 21.4. The summed E-state index contributed by atoms with van der Waals surface area (Å²) in [5.41, 5.74) is 4.54. The van der Waals surface area contributed by atoms with Crippen molar-refractivity contribution >= 4 is 43.5 Å². The van der Waals surface area contributed by atoms with E-state index in [-0.39, 0.29) is 33.6 Å². The monoisotopic (exact) mass is 658 g/mol. The maximum atomic E-state index is 14.1. The second kappa shape index (κ2) is 14.2. The number of fused-ring (bicyclic) bond motifs is 2. The van der Waals surface area contributed by atoms with Crippen LogP contribution in [0.25, 0.3) is 0 Å². The van der Waals surface area contributed by atoms with E-state index in [0.717, 1.165) is 20.8 Å². The molecule has 47 heavy (non-hydrogen) atoms. The topological polar surface area (TPSA) is 149 Å². The van der Waals surface area contributed by atoms with E-state index in [1.165, 1.54) is 6.92 Å². The van der Waals surface area contributed by atoms with Gasteiger partial charge in [0.1, 0.15) is 20.8 Å². The van der Waals surface area contributed by atoms with Gasteiger partial charge in [-0.05, 0) is 12.1 Å². The highest BCUT2D eigenvalue weighted by Crippen LogP contribution is 2.32. The average Bonchev–Trinajstić information content (AvgIpc) is 2.97. The van der Waals surface area contributed by atoms with Crippen LogP contribution >= 0.6 is 0 Å². The predicted octanol–water partition coefficient (Wildman–Crippen LogP) is 3.17. The van der Waals surface area contributed by atoms with Gasteiger partial charge in [0.15, 0.2) is 36.0 Å². The molecule has 244 valence electrons. The highest BCUT2D eigenvalue weighted by atomic mass is 28.3. The third-order valence-corrected chi connectivity index (χ3v) is 7.86. The Balaban J connectivity index is 1.83. The van der Waals surface area contributed by atoms with Crippen LogP contribution in [0.3, 0.4) is 0 Å². The first kappa shape index (κ1) is 34.8. The summed E-state index contributed by atoms with van der Waals surface area (Å²) in [5.74, 6) is 5.09. The molecule has 4 rings (SSSR count). The lowest BCUT2D eigenvalue weighted by molar-refractivity contribution is -0.242. The highest BCUT2D eigenvalue weighted by Gasteiger charge is 2.51. The number of benzene rings is 2. The third kappa shape index (κ3) is 8.22. The molecule has 2 aromatic carbocycles. The zero-order chi connectivity index (χ0) is 34.6. The number of hydrogen-bond donors (Lipinski definition) is 0. The maximum Gasteiger partial charge on any atom is 0.303 e. The van der Waals surface area contributed by atoms with E-state index in [4.69, 9.17) is 23.7 Å². The summed E-state index contributed by atoms with van der Waals surface area (Å²) in [6.45, 7) is 10.3. The van der Waals surface area contributed by atoms with Gasteiger partial charge < -0.3 is 23.7 Å². The van der Waals surface area contributed by atoms with Crippen molar-refractivity contribution in [3.63, 3.8) is 0 Å². The Morgan fingerprint density at radius 3 is 1.72 bits per heavy atom. The minimum Gasteiger partial charge on any atom is -0.463 e. The summed E-state index contributed by atoms with van der Waals surface area (Å²) in [6, 6.07) is 9.67. The van der Waals surface area contributed by atoms with Crippen molar-refractivity contribution in [2.45, 2.75) is 77.9 Å².